The molecule has 1 N–H and O–H groups in total. The minimum atomic E-state index is -0.0744. The smallest absolute Gasteiger partial charge is 0.138 e. The summed E-state index contributed by atoms with van der Waals surface area (Å²) in [4.78, 5) is 4.04. The van der Waals surface area contributed by atoms with Crippen molar-refractivity contribution in [3.63, 3.8) is 0 Å². The first-order valence-electron chi connectivity index (χ1n) is 5.91. The van der Waals surface area contributed by atoms with Crippen molar-refractivity contribution in [1.82, 2.24) is 4.98 Å². The Morgan fingerprint density at radius 2 is 2.16 bits per heavy atom. The van der Waals surface area contributed by atoms with Crippen LogP contribution in [0, 0.1) is 18.3 Å². The van der Waals surface area contributed by atoms with Gasteiger partial charge < -0.3 is 9.84 Å². The standard InChI is InChI=1S/C15H14N2O2/c1-11-6-12(7-16)2-3-13(11)10-19-15-5-4-14(9-18)17-8-15/h2-6,8,18H,9-10H2,1H3. The zero-order valence-corrected chi connectivity index (χ0v) is 10.6. The Morgan fingerprint density at radius 3 is 2.74 bits per heavy atom. The highest BCUT2D eigenvalue weighted by atomic mass is 16.5. The lowest BCUT2D eigenvalue weighted by Gasteiger charge is -2.09. The molecule has 2 aromatic rings. The number of hydrogen-bond acceptors (Lipinski definition) is 4. The quantitative estimate of drug-likeness (QED) is 0.909. The highest BCUT2D eigenvalue weighted by Crippen LogP contribution is 2.15. The first-order chi connectivity index (χ1) is 9.22. The number of nitriles is 1. The van der Waals surface area contributed by atoms with Crippen molar-refractivity contribution in [3.8, 4) is 11.8 Å². The van der Waals surface area contributed by atoms with Gasteiger partial charge in [-0.05, 0) is 42.3 Å². The normalized spacial score (nSPS) is 9.95. The maximum atomic E-state index is 8.89. The Hall–Kier alpha value is -2.38. The Balaban J connectivity index is 2.04. The van der Waals surface area contributed by atoms with Gasteiger partial charge in [0.05, 0.1) is 30.1 Å². The minimum Gasteiger partial charge on any atom is -0.487 e. The molecule has 0 saturated heterocycles. The topological polar surface area (TPSA) is 66.1 Å². The van der Waals surface area contributed by atoms with Gasteiger partial charge in [0, 0.05) is 0 Å². The van der Waals surface area contributed by atoms with Gasteiger partial charge in [-0.25, -0.2) is 0 Å². The van der Waals surface area contributed by atoms with Gasteiger partial charge in [-0.15, -0.1) is 0 Å². The van der Waals surface area contributed by atoms with Crippen LogP contribution in [0.1, 0.15) is 22.4 Å². The second-order valence-electron chi connectivity index (χ2n) is 4.19. The lowest BCUT2D eigenvalue weighted by atomic mass is 10.1. The van der Waals surface area contributed by atoms with Gasteiger partial charge in [-0.2, -0.15) is 5.26 Å². The molecule has 0 aliphatic rings. The van der Waals surface area contributed by atoms with Crippen molar-refractivity contribution in [2.24, 2.45) is 0 Å². The number of aromatic nitrogens is 1. The third-order valence-electron chi connectivity index (χ3n) is 2.83. The van der Waals surface area contributed by atoms with E-state index in [9.17, 15) is 0 Å². The third kappa shape index (κ3) is 3.30. The van der Waals surface area contributed by atoms with Gasteiger partial charge in [0.1, 0.15) is 12.4 Å². The van der Waals surface area contributed by atoms with Gasteiger partial charge in [0.25, 0.3) is 0 Å². The Morgan fingerprint density at radius 1 is 1.32 bits per heavy atom. The fraction of sp³-hybridized carbons (Fsp3) is 0.200. The van der Waals surface area contributed by atoms with Crippen LogP contribution in [0.5, 0.6) is 5.75 Å². The molecule has 1 aromatic heterocycles. The van der Waals surface area contributed by atoms with E-state index in [1.807, 2.05) is 19.1 Å². The number of nitrogens with zero attached hydrogens (tertiary/aromatic N) is 2. The van der Waals surface area contributed by atoms with Crippen LogP contribution in [0.2, 0.25) is 0 Å². The van der Waals surface area contributed by atoms with Crippen LogP contribution >= 0.6 is 0 Å². The second kappa shape index (κ2) is 5.98. The van der Waals surface area contributed by atoms with E-state index < -0.39 is 0 Å². The molecule has 0 saturated carbocycles. The molecule has 2 rings (SSSR count). The number of aliphatic hydroxyl groups is 1. The highest BCUT2D eigenvalue weighted by molar-refractivity contribution is 5.37. The molecule has 0 aliphatic heterocycles. The molecule has 0 aliphatic carbocycles. The fourth-order valence-electron chi connectivity index (χ4n) is 1.68. The molecule has 1 aromatic carbocycles. The first-order valence-corrected chi connectivity index (χ1v) is 5.91. The number of benzene rings is 1. The predicted molar refractivity (Wildman–Crippen MR) is 70.4 cm³/mol. The number of aryl methyl sites for hydroxylation is 1. The van der Waals surface area contributed by atoms with Crippen LogP contribution in [0.3, 0.4) is 0 Å². The Bertz CT molecular complexity index is 601. The molecule has 0 fully saturated rings. The van der Waals surface area contributed by atoms with Crippen molar-refractivity contribution in [1.29, 1.82) is 5.26 Å². The van der Waals surface area contributed by atoms with E-state index in [4.69, 9.17) is 15.1 Å². The summed E-state index contributed by atoms with van der Waals surface area (Å²) in [6, 6.07) is 11.1. The van der Waals surface area contributed by atoms with Crippen molar-refractivity contribution in [3.05, 3.63) is 58.9 Å². The van der Waals surface area contributed by atoms with Crippen LogP contribution in [0.25, 0.3) is 0 Å². The molecular formula is C15H14N2O2. The number of rotatable bonds is 4. The van der Waals surface area contributed by atoms with Crippen LogP contribution < -0.4 is 4.74 Å². The minimum absolute atomic E-state index is 0.0744. The molecule has 0 radical (unpaired) electrons. The summed E-state index contributed by atoms with van der Waals surface area (Å²) < 4.78 is 5.62. The van der Waals surface area contributed by atoms with E-state index in [2.05, 4.69) is 11.1 Å². The maximum Gasteiger partial charge on any atom is 0.138 e. The van der Waals surface area contributed by atoms with Crippen molar-refractivity contribution < 1.29 is 9.84 Å². The fourth-order valence-corrected chi connectivity index (χ4v) is 1.68. The number of pyridine rings is 1. The zero-order valence-electron chi connectivity index (χ0n) is 10.6. The summed E-state index contributed by atoms with van der Waals surface area (Å²) in [5, 5.41) is 17.7. The van der Waals surface area contributed by atoms with Gasteiger partial charge in [0.15, 0.2) is 0 Å². The van der Waals surface area contributed by atoms with Gasteiger partial charge >= 0.3 is 0 Å². The number of ether oxygens (including phenoxy) is 1. The molecule has 0 spiro atoms. The summed E-state index contributed by atoms with van der Waals surface area (Å²) in [5.74, 6) is 0.654. The molecular weight excluding hydrogens is 240 g/mol. The van der Waals surface area contributed by atoms with Gasteiger partial charge in [-0.3, -0.25) is 4.98 Å². The number of aliphatic hydroxyl groups excluding tert-OH is 1. The van der Waals surface area contributed by atoms with Crippen LogP contribution in [-0.2, 0) is 13.2 Å². The average molecular weight is 254 g/mol. The van der Waals surface area contributed by atoms with Crippen LogP contribution in [0.4, 0.5) is 0 Å². The van der Waals surface area contributed by atoms with E-state index in [1.54, 1.807) is 24.4 Å². The van der Waals surface area contributed by atoms with Gasteiger partial charge in [0.2, 0.25) is 0 Å². The number of hydrogen-bond donors (Lipinski definition) is 1. The van der Waals surface area contributed by atoms with E-state index in [0.717, 1.165) is 11.1 Å². The lowest BCUT2D eigenvalue weighted by Crippen LogP contribution is -1.99. The predicted octanol–water partition coefficient (Wildman–Crippen LogP) is 2.33. The van der Waals surface area contributed by atoms with Crippen molar-refractivity contribution >= 4 is 0 Å². The van der Waals surface area contributed by atoms with Crippen molar-refractivity contribution in [2.45, 2.75) is 20.1 Å². The SMILES string of the molecule is Cc1cc(C#N)ccc1COc1ccc(CO)nc1. The molecule has 0 bridgehead atoms. The van der Waals surface area contributed by atoms with Crippen LogP contribution in [-0.4, -0.2) is 10.1 Å². The summed E-state index contributed by atoms with van der Waals surface area (Å²) in [6.45, 7) is 2.30. The van der Waals surface area contributed by atoms with Crippen molar-refractivity contribution in [2.75, 3.05) is 0 Å². The van der Waals surface area contributed by atoms with E-state index >= 15 is 0 Å². The largest absolute Gasteiger partial charge is 0.487 e. The molecule has 96 valence electrons. The van der Waals surface area contributed by atoms with E-state index in [0.29, 0.717) is 23.6 Å². The average Bonchev–Trinajstić information content (AvgIpc) is 2.46. The van der Waals surface area contributed by atoms with E-state index in [-0.39, 0.29) is 6.61 Å². The molecule has 4 heteroatoms. The summed E-state index contributed by atoms with van der Waals surface area (Å²) in [5.41, 5.74) is 3.32. The van der Waals surface area contributed by atoms with E-state index in [1.165, 1.54) is 0 Å². The van der Waals surface area contributed by atoms with Gasteiger partial charge in [-0.1, -0.05) is 6.07 Å². The second-order valence-corrected chi connectivity index (χ2v) is 4.19. The maximum absolute atomic E-state index is 8.89. The molecule has 0 atom stereocenters. The summed E-state index contributed by atoms with van der Waals surface area (Å²) in [6.07, 6.45) is 1.59. The monoisotopic (exact) mass is 254 g/mol. The molecule has 19 heavy (non-hydrogen) atoms. The Kier molecular flexibility index (Phi) is 4.11. The highest BCUT2D eigenvalue weighted by Gasteiger charge is 2.02. The molecule has 4 nitrogen and oxygen atoms in total. The zero-order chi connectivity index (χ0) is 13.7. The lowest BCUT2D eigenvalue weighted by molar-refractivity contribution is 0.275. The first kappa shape index (κ1) is 13.1. The molecule has 1 heterocycles. The third-order valence-corrected chi connectivity index (χ3v) is 2.83. The Labute approximate surface area is 111 Å². The van der Waals surface area contributed by atoms with Crippen LogP contribution in [0.15, 0.2) is 36.5 Å². The summed E-state index contributed by atoms with van der Waals surface area (Å²) in [7, 11) is 0. The molecule has 0 amide bonds. The summed E-state index contributed by atoms with van der Waals surface area (Å²) >= 11 is 0. The molecule has 0 unspecified atom stereocenters.